The summed E-state index contributed by atoms with van der Waals surface area (Å²) in [4.78, 5) is 23.9. The molecule has 3 rings (SSSR count). The zero-order chi connectivity index (χ0) is 18.6. The Labute approximate surface area is 152 Å². The molecule has 26 heavy (non-hydrogen) atoms. The summed E-state index contributed by atoms with van der Waals surface area (Å²) in [7, 11) is -3.88. The van der Waals surface area contributed by atoms with E-state index in [1.807, 2.05) is 0 Å². The van der Waals surface area contributed by atoms with E-state index in [9.17, 15) is 18.0 Å². The normalized spacial score (nSPS) is 21.4. The van der Waals surface area contributed by atoms with Crippen molar-refractivity contribution in [1.82, 2.24) is 15.4 Å². The predicted octanol–water partition coefficient (Wildman–Crippen LogP) is 0.00980. The molecule has 1 atom stereocenters. The van der Waals surface area contributed by atoms with Crippen molar-refractivity contribution in [3.63, 3.8) is 0 Å². The van der Waals surface area contributed by atoms with Crippen molar-refractivity contribution >= 4 is 21.8 Å². The first kappa shape index (κ1) is 18.8. The van der Waals surface area contributed by atoms with Crippen LogP contribution in [-0.4, -0.2) is 52.6 Å². The van der Waals surface area contributed by atoms with Gasteiger partial charge in [-0.3, -0.25) is 9.59 Å². The van der Waals surface area contributed by atoms with Gasteiger partial charge in [-0.2, -0.15) is 4.72 Å². The van der Waals surface area contributed by atoms with E-state index in [1.165, 1.54) is 18.2 Å². The van der Waals surface area contributed by atoms with Crippen LogP contribution in [0, 0.1) is 5.92 Å². The van der Waals surface area contributed by atoms with E-state index in [-0.39, 0.29) is 22.3 Å². The van der Waals surface area contributed by atoms with Crippen molar-refractivity contribution in [1.29, 1.82) is 0 Å². The Morgan fingerprint density at radius 2 is 2.00 bits per heavy atom. The SMILES string of the molecule is O=C(NCC1CCOCC1)c1cccc(S(=O)(=O)N[C@H]2CCNC2=O)c1. The highest BCUT2D eigenvalue weighted by Gasteiger charge is 2.29. The van der Waals surface area contributed by atoms with Crippen LogP contribution in [0.15, 0.2) is 29.2 Å². The molecule has 0 unspecified atom stereocenters. The molecule has 2 aliphatic rings. The third-order valence-corrected chi connectivity index (χ3v) is 6.11. The van der Waals surface area contributed by atoms with Gasteiger partial charge in [0, 0.05) is 31.9 Å². The number of carbonyl (C=O) groups is 2. The van der Waals surface area contributed by atoms with Gasteiger partial charge in [-0.05, 0) is 43.4 Å². The van der Waals surface area contributed by atoms with E-state index in [1.54, 1.807) is 6.07 Å². The molecule has 0 aliphatic carbocycles. The van der Waals surface area contributed by atoms with Crippen LogP contribution in [-0.2, 0) is 19.6 Å². The van der Waals surface area contributed by atoms with Gasteiger partial charge in [0.1, 0.15) is 6.04 Å². The number of nitrogens with one attached hydrogen (secondary N) is 3. The number of carbonyl (C=O) groups excluding carboxylic acids is 2. The number of sulfonamides is 1. The highest BCUT2D eigenvalue weighted by atomic mass is 32.2. The van der Waals surface area contributed by atoms with Gasteiger partial charge in [0.25, 0.3) is 5.91 Å². The minimum atomic E-state index is -3.88. The number of hydrogen-bond acceptors (Lipinski definition) is 5. The molecule has 9 heteroatoms. The van der Waals surface area contributed by atoms with Crippen LogP contribution in [0.2, 0.25) is 0 Å². The van der Waals surface area contributed by atoms with Crippen LogP contribution in [0.4, 0.5) is 0 Å². The molecule has 1 aromatic rings. The minimum Gasteiger partial charge on any atom is -0.381 e. The fourth-order valence-corrected chi connectivity index (χ4v) is 4.33. The van der Waals surface area contributed by atoms with E-state index in [4.69, 9.17) is 4.74 Å². The maximum atomic E-state index is 12.5. The summed E-state index contributed by atoms with van der Waals surface area (Å²) in [5.74, 6) is -0.270. The first-order valence-electron chi connectivity index (χ1n) is 8.72. The molecule has 142 valence electrons. The smallest absolute Gasteiger partial charge is 0.251 e. The quantitative estimate of drug-likeness (QED) is 0.642. The van der Waals surface area contributed by atoms with Crippen molar-refractivity contribution in [2.75, 3.05) is 26.3 Å². The molecular formula is C17H23N3O5S. The molecule has 0 bridgehead atoms. The summed E-state index contributed by atoms with van der Waals surface area (Å²) in [6, 6.07) is 5.05. The Morgan fingerprint density at radius 3 is 2.69 bits per heavy atom. The number of ether oxygens (including phenoxy) is 1. The summed E-state index contributed by atoms with van der Waals surface area (Å²) in [5, 5.41) is 5.44. The second-order valence-electron chi connectivity index (χ2n) is 6.55. The summed E-state index contributed by atoms with van der Waals surface area (Å²) < 4.78 is 32.6. The van der Waals surface area contributed by atoms with Gasteiger partial charge < -0.3 is 15.4 Å². The molecule has 2 heterocycles. The summed E-state index contributed by atoms with van der Waals surface area (Å²) >= 11 is 0. The van der Waals surface area contributed by atoms with Crippen molar-refractivity contribution in [2.45, 2.75) is 30.2 Å². The standard InChI is InChI=1S/C17H23N3O5S/c21-16(19-11-12-5-8-25-9-6-12)13-2-1-3-14(10-13)26(23,24)20-15-4-7-18-17(15)22/h1-3,10,12,15,20H,4-9,11H2,(H,18,22)(H,19,21)/t15-/m0/s1. The maximum absolute atomic E-state index is 12.5. The minimum absolute atomic E-state index is 0.0316. The molecular weight excluding hydrogens is 358 g/mol. The van der Waals surface area contributed by atoms with Gasteiger partial charge in [0.2, 0.25) is 15.9 Å². The van der Waals surface area contributed by atoms with Crippen molar-refractivity contribution in [3.05, 3.63) is 29.8 Å². The van der Waals surface area contributed by atoms with Crippen LogP contribution in [0.5, 0.6) is 0 Å². The van der Waals surface area contributed by atoms with Gasteiger partial charge in [-0.1, -0.05) is 6.07 Å². The molecule has 3 N–H and O–H groups in total. The topological polar surface area (TPSA) is 114 Å². The Morgan fingerprint density at radius 1 is 1.23 bits per heavy atom. The molecule has 8 nitrogen and oxygen atoms in total. The van der Waals surface area contributed by atoms with E-state index in [2.05, 4.69) is 15.4 Å². The van der Waals surface area contributed by atoms with E-state index >= 15 is 0 Å². The average molecular weight is 381 g/mol. The monoisotopic (exact) mass is 381 g/mol. The van der Waals surface area contributed by atoms with Crippen LogP contribution in [0.25, 0.3) is 0 Å². The van der Waals surface area contributed by atoms with Crippen molar-refractivity contribution in [2.24, 2.45) is 5.92 Å². The largest absolute Gasteiger partial charge is 0.381 e. The Balaban J connectivity index is 1.64. The number of benzene rings is 1. The number of rotatable bonds is 6. The molecule has 1 aromatic carbocycles. The highest BCUT2D eigenvalue weighted by molar-refractivity contribution is 7.89. The zero-order valence-electron chi connectivity index (χ0n) is 14.4. The summed E-state index contributed by atoms with van der Waals surface area (Å²) in [6.07, 6.45) is 2.22. The second kappa shape index (κ2) is 8.15. The molecule has 0 saturated carbocycles. The van der Waals surface area contributed by atoms with Crippen LogP contribution >= 0.6 is 0 Å². The highest BCUT2D eigenvalue weighted by Crippen LogP contribution is 2.15. The molecule has 2 fully saturated rings. The second-order valence-corrected chi connectivity index (χ2v) is 8.26. The zero-order valence-corrected chi connectivity index (χ0v) is 15.2. The fourth-order valence-electron chi connectivity index (χ4n) is 3.06. The summed E-state index contributed by atoms with van der Waals surface area (Å²) in [5.41, 5.74) is 0.274. The lowest BCUT2D eigenvalue weighted by atomic mass is 10.0. The third-order valence-electron chi connectivity index (χ3n) is 4.64. The predicted molar refractivity (Wildman–Crippen MR) is 94.1 cm³/mol. The van der Waals surface area contributed by atoms with Crippen molar-refractivity contribution in [3.8, 4) is 0 Å². The molecule has 2 saturated heterocycles. The molecule has 0 radical (unpaired) electrons. The van der Waals surface area contributed by atoms with Crippen LogP contribution in [0.3, 0.4) is 0 Å². The lowest BCUT2D eigenvalue weighted by Gasteiger charge is -2.22. The molecule has 2 aliphatic heterocycles. The Bertz CT molecular complexity index is 774. The Hall–Kier alpha value is -1.97. The lowest BCUT2D eigenvalue weighted by Crippen LogP contribution is -2.40. The van der Waals surface area contributed by atoms with E-state index < -0.39 is 16.1 Å². The van der Waals surface area contributed by atoms with Crippen LogP contribution in [0.1, 0.15) is 29.6 Å². The third kappa shape index (κ3) is 4.60. The van der Waals surface area contributed by atoms with Gasteiger partial charge in [-0.15, -0.1) is 0 Å². The van der Waals surface area contributed by atoms with Crippen LogP contribution < -0.4 is 15.4 Å². The van der Waals surface area contributed by atoms with Crippen molar-refractivity contribution < 1.29 is 22.7 Å². The van der Waals surface area contributed by atoms with Gasteiger partial charge >= 0.3 is 0 Å². The van der Waals surface area contributed by atoms with Gasteiger partial charge in [0.05, 0.1) is 4.90 Å². The first-order chi connectivity index (χ1) is 12.5. The van der Waals surface area contributed by atoms with Gasteiger partial charge in [0.15, 0.2) is 0 Å². The van der Waals surface area contributed by atoms with E-state index in [0.29, 0.717) is 38.6 Å². The summed E-state index contributed by atoms with van der Waals surface area (Å²) in [6.45, 7) is 2.39. The Kier molecular flexibility index (Phi) is 5.90. The molecule has 0 spiro atoms. The van der Waals surface area contributed by atoms with Gasteiger partial charge in [-0.25, -0.2) is 8.42 Å². The molecule has 2 amide bonds. The lowest BCUT2D eigenvalue weighted by molar-refractivity contribution is -0.120. The number of hydrogen-bond donors (Lipinski definition) is 3. The fraction of sp³-hybridized carbons (Fsp3) is 0.529. The first-order valence-corrected chi connectivity index (χ1v) is 10.2. The molecule has 0 aromatic heterocycles. The average Bonchev–Trinajstić information content (AvgIpc) is 3.05. The number of amides is 2. The van der Waals surface area contributed by atoms with E-state index in [0.717, 1.165) is 12.8 Å². The maximum Gasteiger partial charge on any atom is 0.251 e.